The molecule has 2 aromatic rings. The minimum atomic E-state index is -0.535. The van der Waals surface area contributed by atoms with Gasteiger partial charge >= 0.3 is 6.09 Å². The van der Waals surface area contributed by atoms with Crippen molar-refractivity contribution in [1.29, 1.82) is 0 Å². The number of thiophene rings is 1. The number of carbonyl (C=O) groups is 2. The molecule has 0 radical (unpaired) electrons. The van der Waals surface area contributed by atoms with E-state index in [-0.39, 0.29) is 11.9 Å². The summed E-state index contributed by atoms with van der Waals surface area (Å²) in [5, 5.41) is 2.63. The molecule has 0 aliphatic carbocycles. The van der Waals surface area contributed by atoms with Crippen molar-refractivity contribution in [2.45, 2.75) is 58.5 Å². The van der Waals surface area contributed by atoms with E-state index in [1.165, 1.54) is 11.3 Å². The fourth-order valence-corrected chi connectivity index (χ4v) is 3.83. The third kappa shape index (κ3) is 8.58. The lowest BCUT2D eigenvalue weighted by atomic mass is 10.1. The minimum Gasteiger partial charge on any atom is -0.444 e. The van der Waals surface area contributed by atoms with Crippen LogP contribution in [0, 0.1) is 0 Å². The van der Waals surface area contributed by atoms with Crippen molar-refractivity contribution in [2.24, 2.45) is 0 Å². The first kappa shape index (κ1) is 23.4. The molecule has 1 heterocycles. The zero-order chi connectivity index (χ0) is 21.3. The maximum atomic E-state index is 12.6. The summed E-state index contributed by atoms with van der Waals surface area (Å²) in [6, 6.07) is 11.4. The second-order valence-electron chi connectivity index (χ2n) is 8.02. The summed E-state index contributed by atoms with van der Waals surface area (Å²) >= 11 is 7.73. The zero-order valence-electron chi connectivity index (χ0n) is 17.4. The predicted octanol–water partition coefficient (Wildman–Crippen LogP) is 6.62. The van der Waals surface area contributed by atoms with E-state index in [9.17, 15) is 9.59 Å². The van der Waals surface area contributed by atoms with Crippen LogP contribution in [0.5, 0.6) is 0 Å². The smallest absolute Gasteiger partial charge is 0.410 e. The lowest BCUT2D eigenvalue weighted by molar-refractivity contribution is 0.0248. The van der Waals surface area contributed by atoms with Crippen molar-refractivity contribution in [1.82, 2.24) is 4.90 Å². The van der Waals surface area contributed by atoms with Crippen LogP contribution in [0.25, 0.3) is 0 Å². The second-order valence-corrected chi connectivity index (χ2v) is 9.37. The van der Waals surface area contributed by atoms with E-state index in [0.29, 0.717) is 31.0 Å². The highest BCUT2D eigenvalue weighted by Crippen LogP contribution is 2.18. The number of rotatable bonds is 10. The van der Waals surface area contributed by atoms with E-state index >= 15 is 0 Å². The van der Waals surface area contributed by atoms with Crippen LogP contribution < -0.4 is 0 Å². The fourth-order valence-electron chi connectivity index (χ4n) is 2.90. The van der Waals surface area contributed by atoms with Gasteiger partial charge in [-0.15, -0.1) is 11.3 Å². The number of unbranched alkanes of at least 4 members (excludes halogenated alkanes) is 2. The number of hydrogen-bond donors (Lipinski definition) is 0. The van der Waals surface area contributed by atoms with Crippen LogP contribution in [-0.2, 0) is 11.2 Å². The van der Waals surface area contributed by atoms with Gasteiger partial charge < -0.3 is 9.64 Å². The third-order valence-corrected chi connectivity index (χ3v) is 5.67. The Labute approximate surface area is 182 Å². The summed E-state index contributed by atoms with van der Waals surface area (Å²) in [5.41, 5.74) is 0.483. The molecule has 158 valence electrons. The van der Waals surface area contributed by atoms with Crippen LogP contribution in [0.15, 0.2) is 41.8 Å². The molecule has 1 amide bonds. The highest BCUT2D eigenvalue weighted by atomic mass is 35.5. The molecule has 0 saturated heterocycles. The topological polar surface area (TPSA) is 46.6 Å². The Morgan fingerprint density at radius 2 is 1.79 bits per heavy atom. The number of ether oxygens (including phenoxy) is 1. The summed E-state index contributed by atoms with van der Waals surface area (Å²) in [6.45, 7) is 6.76. The zero-order valence-corrected chi connectivity index (χ0v) is 19.0. The van der Waals surface area contributed by atoms with Crippen LogP contribution in [0.1, 0.15) is 61.7 Å². The Bertz CT molecular complexity index is 784. The lowest BCUT2D eigenvalue weighted by Crippen LogP contribution is -2.38. The van der Waals surface area contributed by atoms with Crippen LogP contribution in [0.2, 0.25) is 5.02 Å². The molecule has 0 fully saturated rings. The van der Waals surface area contributed by atoms with Gasteiger partial charge in [0.15, 0.2) is 5.78 Å². The number of benzene rings is 1. The lowest BCUT2D eigenvalue weighted by Gasteiger charge is -2.27. The van der Waals surface area contributed by atoms with E-state index < -0.39 is 5.60 Å². The van der Waals surface area contributed by atoms with Crippen LogP contribution >= 0.6 is 22.9 Å². The van der Waals surface area contributed by atoms with Gasteiger partial charge in [0, 0.05) is 24.5 Å². The van der Waals surface area contributed by atoms with Crippen molar-refractivity contribution < 1.29 is 14.3 Å². The standard InChI is InChI=1S/C23H30ClNO3S/c1-23(2,3)28-22(27)25(16-14-18-10-6-7-11-19(18)24)15-8-4-5-12-20(26)21-13-9-17-29-21/h6-7,9-11,13,17H,4-5,8,12,14-16H2,1-3H3. The first-order valence-corrected chi connectivity index (χ1v) is 11.3. The SMILES string of the molecule is CC(C)(C)OC(=O)N(CCCCCC(=O)c1cccs1)CCc1ccccc1Cl. The highest BCUT2D eigenvalue weighted by Gasteiger charge is 2.22. The average molecular weight is 436 g/mol. The number of Topliss-reactive ketones (excluding diaryl/α,β-unsaturated/α-hetero) is 1. The summed E-state index contributed by atoms with van der Waals surface area (Å²) in [5.74, 6) is 0.197. The van der Waals surface area contributed by atoms with Crippen molar-refractivity contribution in [3.63, 3.8) is 0 Å². The van der Waals surface area contributed by atoms with Crippen LogP contribution in [0.3, 0.4) is 0 Å². The normalized spacial score (nSPS) is 11.3. The number of amides is 1. The van der Waals surface area contributed by atoms with Gasteiger partial charge in [-0.2, -0.15) is 0 Å². The molecule has 6 heteroatoms. The Kier molecular flexibility index (Phi) is 9.18. The minimum absolute atomic E-state index is 0.197. The van der Waals surface area contributed by atoms with E-state index in [1.807, 2.05) is 62.5 Å². The van der Waals surface area contributed by atoms with Crippen molar-refractivity contribution in [2.75, 3.05) is 13.1 Å². The molecule has 0 saturated carbocycles. The monoisotopic (exact) mass is 435 g/mol. The second kappa shape index (κ2) is 11.4. The summed E-state index contributed by atoms with van der Waals surface area (Å²) in [6.07, 6.45) is 3.47. The largest absolute Gasteiger partial charge is 0.444 e. The van der Waals surface area contributed by atoms with E-state index in [1.54, 1.807) is 4.90 Å². The van der Waals surface area contributed by atoms with Gasteiger partial charge in [-0.25, -0.2) is 4.79 Å². The van der Waals surface area contributed by atoms with Gasteiger partial charge in [-0.1, -0.05) is 42.3 Å². The van der Waals surface area contributed by atoms with Gasteiger partial charge in [0.1, 0.15) is 5.60 Å². The molecule has 2 rings (SSSR count). The van der Waals surface area contributed by atoms with Crippen molar-refractivity contribution >= 4 is 34.8 Å². The van der Waals surface area contributed by atoms with Gasteiger partial charge in [-0.3, -0.25) is 4.79 Å². The van der Waals surface area contributed by atoms with Gasteiger partial charge in [0.2, 0.25) is 0 Å². The molecule has 0 aliphatic rings. The summed E-state index contributed by atoms with van der Waals surface area (Å²) in [4.78, 5) is 27.2. The van der Waals surface area contributed by atoms with Crippen LogP contribution in [-0.4, -0.2) is 35.5 Å². The Hall–Kier alpha value is -1.85. The molecule has 1 aromatic carbocycles. The van der Waals surface area contributed by atoms with Crippen molar-refractivity contribution in [3.8, 4) is 0 Å². The summed E-state index contributed by atoms with van der Waals surface area (Å²) in [7, 11) is 0. The molecule has 0 N–H and O–H groups in total. The maximum Gasteiger partial charge on any atom is 0.410 e. The number of nitrogens with zero attached hydrogens (tertiary/aromatic N) is 1. The van der Waals surface area contributed by atoms with E-state index in [4.69, 9.17) is 16.3 Å². The van der Waals surface area contributed by atoms with E-state index in [2.05, 4.69) is 0 Å². The first-order valence-electron chi connectivity index (χ1n) is 10.0. The maximum absolute atomic E-state index is 12.6. The predicted molar refractivity (Wildman–Crippen MR) is 120 cm³/mol. The third-order valence-electron chi connectivity index (χ3n) is 4.39. The van der Waals surface area contributed by atoms with Crippen LogP contribution in [0.4, 0.5) is 4.79 Å². The average Bonchev–Trinajstić information content (AvgIpc) is 3.18. The molecule has 0 unspecified atom stereocenters. The van der Waals surface area contributed by atoms with E-state index in [0.717, 1.165) is 29.7 Å². The highest BCUT2D eigenvalue weighted by molar-refractivity contribution is 7.12. The molecular formula is C23H30ClNO3S. The molecule has 0 atom stereocenters. The number of hydrogen-bond acceptors (Lipinski definition) is 4. The molecular weight excluding hydrogens is 406 g/mol. The molecule has 4 nitrogen and oxygen atoms in total. The molecule has 1 aromatic heterocycles. The number of ketones is 1. The van der Waals surface area contributed by atoms with Gasteiger partial charge in [0.25, 0.3) is 0 Å². The molecule has 0 spiro atoms. The number of carbonyl (C=O) groups excluding carboxylic acids is 2. The quantitative estimate of drug-likeness (QED) is 0.311. The Morgan fingerprint density at radius 3 is 2.45 bits per heavy atom. The molecule has 0 bridgehead atoms. The van der Waals surface area contributed by atoms with Crippen molar-refractivity contribution in [3.05, 3.63) is 57.2 Å². The fraction of sp³-hybridized carbons (Fsp3) is 0.478. The van der Waals surface area contributed by atoms with Gasteiger partial charge in [-0.05, 0) is 63.1 Å². The molecule has 29 heavy (non-hydrogen) atoms. The molecule has 0 aliphatic heterocycles. The Balaban J connectivity index is 1.83. The summed E-state index contributed by atoms with van der Waals surface area (Å²) < 4.78 is 5.56. The first-order chi connectivity index (χ1) is 13.8. The van der Waals surface area contributed by atoms with Gasteiger partial charge in [0.05, 0.1) is 4.88 Å². The number of halogens is 1. The Morgan fingerprint density at radius 1 is 1.03 bits per heavy atom.